The van der Waals surface area contributed by atoms with Gasteiger partial charge >= 0.3 is 5.97 Å². The fraction of sp³-hybridized carbons (Fsp3) is 0.429. The SMILES string of the molecule is CCCN(CCC)C(=O)c1ccc(F)c(C(=O)O)c1. The van der Waals surface area contributed by atoms with Gasteiger partial charge in [0.2, 0.25) is 0 Å². The molecule has 0 radical (unpaired) electrons. The number of rotatable bonds is 6. The summed E-state index contributed by atoms with van der Waals surface area (Å²) in [5.74, 6) is -2.46. The van der Waals surface area contributed by atoms with Crippen LogP contribution in [0.15, 0.2) is 18.2 Å². The normalized spacial score (nSPS) is 10.3. The number of amides is 1. The van der Waals surface area contributed by atoms with Gasteiger partial charge < -0.3 is 10.0 Å². The zero-order valence-electron chi connectivity index (χ0n) is 11.1. The van der Waals surface area contributed by atoms with E-state index < -0.39 is 17.3 Å². The van der Waals surface area contributed by atoms with E-state index >= 15 is 0 Å². The van der Waals surface area contributed by atoms with Crippen molar-refractivity contribution in [1.29, 1.82) is 0 Å². The molecule has 0 saturated carbocycles. The summed E-state index contributed by atoms with van der Waals surface area (Å²) >= 11 is 0. The minimum Gasteiger partial charge on any atom is -0.478 e. The van der Waals surface area contributed by atoms with Crippen LogP contribution in [0.4, 0.5) is 4.39 Å². The fourth-order valence-electron chi connectivity index (χ4n) is 1.86. The second-order valence-electron chi connectivity index (χ2n) is 4.29. The fourth-order valence-corrected chi connectivity index (χ4v) is 1.86. The third-order valence-corrected chi connectivity index (χ3v) is 2.72. The maximum Gasteiger partial charge on any atom is 0.338 e. The van der Waals surface area contributed by atoms with Crippen LogP contribution >= 0.6 is 0 Å². The third-order valence-electron chi connectivity index (χ3n) is 2.72. The van der Waals surface area contributed by atoms with Gasteiger partial charge in [-0.1, -0.05) is 13.8 Å². The quantitative estimate of drug-likeness (QED) is 0.862. The number of carboxylic acid groups (broad SMARTS) is 1. The summed E-state index contributed by atoms with van der Waals surface area (Å²) in [5, 5.41) is 8.85. The van der Waals surface area contributed by atoms with Gasteiger partial charge in [0.05, 0.1) is 5.56 Å². The predicted octanol–water partition coefficient (Wildman–Crippen LogP) is 2.79. The monoisotopic (exact) mass is 267 g/mol. The number of hydrogen-bond donors (Lipinski definition) is 1. The molecule has 1 aromatic carbocycles. The Labute approximate surface area is 111 Å². The number of carbonyl (C=O) groups excluding carboxylic acids is 1. The van der Waals surface area contributed by atoms with Crippen LogP contribution in [0.25, 0.3) is 0 Å². The number of benzene rings is 1. The molecule has 19 heavy (non-hydrogen) atoms. The van der Waals surface area contributed by atoms with Crippen LogP contribution in [-0.2, 0) is 0 Å². The highest BCUT2D eigenvalue weighted by Crippen LogP contribution is 2.13. The van der Waals surface area contributed by atoms with Crippen molar-refractivity contribution < 1.29 is 19.1 Å². The molecule has 4 nitrogen and oxygen atoms in total. The lowest BCUT2D eigenvalue weighted by Crippen LogP contribution is -2.32. The van der Waals surface area contributed by atoms with E-state index in [0.29, 0.717) is 13.1 Å². The molecule has 0 aromatic heterocycles. The highest BCUT2D eigenvalue weighted by Gasteiger charge is 2.18. The van der Waals surface area contributed by atoms with E-state index in [9.17, 15) is 14.0 Å². The molecule has 1 aromatic rings. The number of carboxylic acids is 1. The number of nitrogens with zero attached hydrogens (tertiary/aromatic N) is 1. The summed E-state index contributed by atoms with van der Waals surface area (Å²) in [6, 6.07) is 3.44. The Morgan fingerprint density at radius 2 is 1.79 bits per heavy atom. The Bertz CT molecular complexity index is 468. The molecule has 0 aliphatic rings. The average molecular weight is 267 g/mol. The second kappa shape index (κ2) is 6.87. The van der Waals surface area contributed by atoms with E-state index in [-0.39, 0.29) is 11.5 Å². The first-order valence-electron chi connectivity index (χ1n) is 6.33. The minimum absolute atomic E-state index is 0.209. The van der Waals surface area contributed by atoms with Crippen molar-refractivity contribution in [2.24, 2.45) is 0 Å². The van der Waals surface area contributed by atoms with Gasteiger partial charge in [0.1, 0.15) is 5.82 Å². The molecule has 1 N–H and O–H groups in total. The van der Waals surface area contributed by atoms with Gasteiger partial charge in [0, 0.05) is 18.7 Å². The van der Waals surface area contributed by atoms with Crippen LogP contribution in [0.1, 0.15) is 47.4 Å². The molecule has 0 aliphatic heterocycles. The molecule has 0 unspecified atom stereocenters. The van der Waals surface area contributed by atoms with Crippen LogP contribution in [0, 0.1) is 5.82 Å². The average Bonchev–Trinajstić information content (AvgIpc) is 2.38. The zero-order valence-corrected chi connectivity index (χ0v) is 11.1. The number of halogens is 1. The van der Waals surface area contributed by atoms with E-state index in [1.54, 1.807) is 4.90 Å². The van der Waals surface area contributed by atoms with Crippen molar-refractivity contribution in [1.82, 2.24) is 4.90 Å². The van der Waals surface area contributed by atoms with Crippen molar-refractivity contribution in [3.63, 3.8) is 0 Å². The Kier molecular flexibility index (Phi) is 5.48. The predicted molar refractivity (Wildman–Crippen MR) is 69.8 cm³/mol. The van der Waals surface area contributed by atoms with Crippen LogP contribution < -0.4 is 0 Å². The van der Waals surface area contributed by atoms with Gasteiger partial charge in [-0.05, 0) is 31.0 Å². The van der Waals surface area contributed by atoms with Crippen LogP contribution in [0.3, 0.4) is 0 Å². The van der Waals surface area contributed by atoms with Crippen LogP contribution in [0.5, 0.6) is 0 Å². The molecule has 0 saturated heterocycles. The lowest BCUT2D eigenvalue weighted by atomic mass is 10.1. The largest absolute Gasteiger partial charge is 0.478 e. The summed E-state index contributed by atoms with van der Waals surface area (Å²) in [7, 11) is 0. The van der Waals surface area contributed by atoms with Crippen LogP contribution in [0.2, 0.25) is 0 Å². The lowest BCUT2D eigenvalue weighted by molar-refractivity contribution is 0.0692. The summed E-state index contributed by atoms with van der Waals surface area (Å²) in [6.45, 7) is 5.13. The number of hydrogen-bond acceptors (Lipinski definition) is 2. The van der Waals surface area contributed by atoms with Gasteiger partial charge in [-0.3, -0.25) is 4.79 Å². The molecule has 0 aliphatic carbocycles. The Balaban J connectivity index is 3.04. The summed E-state index contributed by atoms with van der Waals surface area (Å²) in [5.41, 5.74) is -0.264. The number of carbonyl (C=O) groups is 2. The molecule has 5 heteroatoms. The molecule has 104 valence electrons. The maximum absolute atomic E-state index is 13.3. The van der Waals surface area contributed by atoms with Gasteiger partial charge in [-0.2, -0.15) is 0 Å². The van der Waals surface area contributed by atoms with E-state index in [2.05, 4.69) is 0 Å². The Hall–Kier alpha value is -1.91. The Morgan fingerprint density at radius 1 is 1.21 bits per heavy atom. The van der Waals surface area contributed by atoms with Crippen molar-refractivity contribution in [3.8, 4) is 0 Å². The van der Waals surface area contributed by atoms with Crippen molar-refractivity contribution in [2.75, 3.05) is 13.1 Å². The Morgan fingerprint density at radius 3 is 2.26 bits per heavy atom. The van der Waals surface area contributed by atoms with Gasteiger partial charge in [0.25, 0.3) is 5.91 Å². The maximum atomic E-state index is 13.3. The zero-order chi connectivity index (χ0) is 14.4. The standard InChI is InChI=1S/C14H18FNO3/c1-3-7-16(8-4-2)13(17)10-5-6-12(15)11(9-10)14(18)19/h5-6,9H,3-4,7-8H2,1-2H3,(H,18,19). The highest BCUT2D eigenvalue weighted by molar-refractivity contribution is 5.97. The summed E-state index contributed by atoms with van der Waals surface area (Å²) in [4.78, 5) is 24.7. The molecular formula is C14H18FNO3. The lowest BCUT2D eigenvalue weighted by Gasteiger charge is -2.21. The molecule has 0 heterocycles. The first-order chi connectivity index (χ1) is 9.01. The highest BCUT2D eigenvalue weighted by atomic mass is 19.1. The topological polar surface area (TPSA) is 57.6 Å². The molecule has 1 amide bonds. The molecule has 0 spiro atoms. The van der Waals surface area contributed by atoms with E-state index in [0.717, 1.165) is 25.0 Å². The van der Waals surface area contributed by atoms with Crippen molar-refractivity contribution in [2.45, 2.75) is 26.7 Å². The first kappa shape index (κ1) is 15.1. The smallest absolute Gasteiger partial charge is 0.338 e. The number of aromatic carboxylic acids is 1. The first-order valence-corrected chi connectivity index (χ1v) is 6.33. The van der Waals surface area contributed by atoms with Gasteiger partial charge in [-0.25, -0.2) is 9.18 Å². The molecule has 0 bridgehead atoms. The summed E-state index contributed by atoms with van der Waals surface area (Å²) < 4.78 is 13.3. The third kappa shape index (κ3) is 3.77. The molecule has 1 rings (SSSR count). The molecule has 0 atom stereocenters. The summed E-state index contributed by atoms with van der Waals surface area (Å²) in [6.07, 6.45) is 1.64. The minimum atomic E-state index is -1.37. The van der Waals surface area contributed by atoms with Gasteiger partial charge in [-0.15, -0.1) is 0 Å². The van der Waals surface area contributed by atoms with Crippen LogP contribution in [-0.4, -0.2) is 35.0 Å². The van der Waals surface area contributed by atoms with E-state index in [1.807, 2.05) is 13.8 Å². The van der Waals surface area contributed by atoms with E-state index in [1.165, 1.54) is 6.07 Å². The second-order valence-corrected chi connectivity index (χ2v) is 4.29. The molecular weight excluding hydrogens is 249 g/mol. The van der Waals surface area contributed by atoms with Crippen molar-refractivity contribution >= 4 is 11.9 Å². The van der Waals surface area contributed by atoms with Gasteiger partial charge in [0.15, 0.2) is 0 Å². The molecule has 0 fully saturated rings. The van der Waals surface area contributed by atoms with Crippen molar-refractivity contribution in [3.05, 3.63) is 35.1 Å². The van der Waals surface area contributed by atoms with E-state index in [4.69, 9.17) is 5.11 Å².